The second-order valence-corrected chi connectivity index (χ2v) is 9.52. The third-order valence-electron chi connectivity index (χ3n) is 7.27. The van der Waals surface area contributed by atoms with Gasteiger partial charge in [-0.05, 0) is 72.3 Å². The van der Waals surface area contributed by atoms with E-state index < -0.39 is 194 Å². The summed E-state index contributed by atoms with van der Waals surface area (Å²) in [5.41, 5.74) is -2.59. The van der Waals surface area contributed by atoms with Gasteiger partial charge in [0.2, 0.25) is 0 Å². The molecule has 0 fully saturated rings. The monoisotopic (exact) mass is 569 g/mol. The molecular weight excluding hydrogens is 520 g/mol. The van der Waals surface area contributed by atoms with E-state index in [4.69, 9.17) is 29.1 Å². The van der Waals surface area contributed by atoms with Gasteiger partial charge in [0.25, 0.3) is 0 Å². The van der Waals surface area contributed by atoms with Crippen molar-refractivity contribution in [2.45, 2.75) is 0 Å². The highest BCUT2D eigenvalue weighted by Crippen LogP contribution is 2.46. The summed E-state index contributed by atoms with van der Waals surface area (Å²) in [7, 11) is 0. The summed E-state index contributed by atoms with van der Waals surface area (Å²) < 4.78 is 209. The molecular formula is C42H26O. The van der Waals surface area contributed by atoms with Gasteiger partial charge < -0.3 is 4.42 Å². The van der Waals surface area contributed by atoms with E-state index in [0.29, 0.717) is 0 Å². The molecule has 1 nitrogen and oxygen atoms in total. The Bertz CT molecular complexity index is 3680. The number of furan rings is 1. The number of fused-ring (bicyclic) bond motifs is 6. The van der Waals surface area contributed by atoms with E-state index in [1.165, 1.54) is 18.2 Å². The molecule has 43 heavy (non-hydrogen) atoms. The van der Waals surface area contributed by atoms with Crippen LogP contribution in [0.3, 0.4) is 0 Å². The van der Waals surface area contributed by atoms with Gasteiger partial charge in [-0.1, -0.05) is 145 Å². The van der Waals surface area contributed by atoms with E-state index in [1.54, 1.807) is 0 Å². The highest BCUT2D eigenvalue weighted by Gasteiger charge is 2.19. The van der Waals surface area contributed by atoms with Crippen LogP contribution in [0.25, 0.3) is 87.6 Å². The Kier molecular flexibility index (Phi) is 2.32. The maximum atomic E-state index is 9.37. The zero-order valence-electron chi connectivity index (χ0n) is 44.6. The average Bonchev–Trinajstić information content (AvgIpc) is 3.68. The molecule has 0 saturated heterocycles. The number of para-hydroxylation sites is 1. The van der Waals surface area contributed by atoms with Crippen molar-refractivity contribution in [3.63, 3.8) is 0 Å². The lowest BCUT2D eigenvalue weighted by Crippen LogP contribution is -1.91. The lowest BCUT2D eigenvalue weighted by molar-refractivity contribution is 0.670. The van der Waals surface area contributed by atoms with Gasteiger partial charge in [-0.2, -0.15) is 0 Å². The quantitative estimate of drug-likeness (QED) is 0.193. The van der Waals surface area contributed by atoms with Gasteiger partial charge in [0, 0.05) is 16.3 Å². The van der Waals surface area contributed by atoms with Crippen LogP contribution < -0.4 is 0 Å². The first kappa shape index (κ1) is 10.6. The van der Waals surface area contributed by atoms with Gasteiger partial charge in [0.15, 0.2) is 0 Å². The minimum Gasteiger partial charge on any atom is -0.455 e. The molecule has 0 N–H and O–H groups in total. The van der Waals surface area contributed by atoms with Crippen LogP contribution in [-0.4, -0.2) is 0 Å². The van der Waals surface area contributed by atoms with E-state index in [2.05, 4.69) is 0 Å². The van der Waals surface area contributed by atoms with Crippen molar-refractivity contribution in [1.29, 1.82) is 0 Å². The first-order valence-corrected chi connectivity index (χ1v) is 12.9. The van der Waals surface area contributed by atoms with Crippen molar-refractivity contribution in [2.75, 3.05) is 0 Å². The topological polar surface area (TPSA) is 13.1 Å². The summed E-state index contributed by atoms with van der Waals surface area (Å²) in [5.74, 6) is 0. The standard InChI is InChI=1S/C42H26O/c1-2-12-28(13-3-1)31-21-11-23-37-38-26-29(24-25-39(38)43-42(31)37)40-33-17-6-8-19-35(33)41(36-20-9-7-18-34(36)40)32-22-10-15-27-14-4-5-16-30(27)32/h1-26H/i1D,2D,3D,4D,5D,6D,7D,8D,9D,10D,11D,12D,13D,14D,15D,16D,17D,18D,19D,20D,21D,22D,23D. The first-order chi connectivity index (χ1) is 30.9. The molecule has 200 valence electrons. The number of hydrogen-bond acceptors (Lipinski definition) is 1. The lowest BCUT2D eigenvalue weighted by atomic mass is 9.84. The molecule has 0 bridgehead atoms. The molecule has 0 amide bonds. The molecule has 1 aromatic heterocycles. The van der Waals surface area contributed by atoms with Crippen LogP contribution in [0.1, 0.15) is 31.5 Å². The zero-order chi connectivity index (χ0) is 48.3. The largest absolute Gasteiger partial charge is 0.455 e. The number of rotatable bonds is 3. The van der Waals surface area contributed by atoms with Crippen LogP contribution >= 0.6 is 0 Å². The van der Waals surface area contributed by atoms with Crippen molar-refractivity contribution in [3.8, 4) is 33.4 Å². The molecule has 9 rings (SSSR count). The predicted octanol–water partition coefficient (Wildman–Crippen LogP) is 12.0. The van der Waals surface area contributed by atoms with E-state index in [0.717, 1.165) is 0 Å². The minimum atomic E-state index is -0.856. The molecule has 0 saturated carbocycles. The maximum absolute atomic E-state index is 9.37. The van der Waals surface area contributed by atoms with Crippen molar-refractivity contribution in [3.05, 3.63) is 157 Å². The Labute approximate surface area is 281 Å². The molecule has 0 atom stereocenters. The third kappa shape index (κ3) is 3.65. The normalized spacial score (nSPS) is 19.2. The van der Waals surface area contributed by atoms with Crippen molar-refractivity contribution >= 4 is 54.3 Å². The summed E-state index contributed by atoms with van der Waals surface area (Å²) in [6.45, 7) is 0. The number of benzene rings is 8. The molecule has 0 aliphatic heterocycles. The van der Waals surface area contributed by atoms with Crippen LogP contribution in [0.5, 0.6) is 0 Å². The number of hydrogen-bond donors (Lipinski definition) is 0. The predicted molar refractivity (Wildman–Crippen MR) is 183 cm³/mol. The van der Waals surface area contributed by atoms with Crippen LogP contribution in [-0.2, 0) is 0 Å². The lowest BCUT2D eigenvalue weighted by Gasteiger charge is -2.18. The summed E-state index contributed by atoms with van der Waals surface area (Å²) in [4.78, 5) is 0. The van der Waals surface area contributed by atoms with Gasteiger partial charge in [-0.15, -0.1) is 0 Å². The zero-order valence-corrected chi connectivity index (χ0v) is 21.6. The molecule has 0 unspecified atom stereocenters. The maximum Gasteiger partial charge on any atom is 0.143 e. The summed E-state index contributed by atoms with van der Waals surface area (Å²) in [6, 6.07) is -13.7. The molecule has 9 aromatic rings. The van der Waals surface area contributed by atoms with Crippen LogP contribution in [0, 0.1) is 0 Å². The highest BCUT2D eigenvalue weighted by atomic mass is 16.3. The van der Waals surface area contributed by atoms with E-state index in [9.17, 15) is 6.85 Å². The van der Waals surface area contributed by atoms with Crippen molar-refractivity contribution < 1.29 is 35.9 Å². The summed E-state index contributed by atoms with van der Waals surface area (Å²) in [5, 5.41) is -3.01. The highest BCUT2D eigenvalue weighted by molar-refractivity contribution is 6.24. The van der Waals surface area contributed by atoms with Gasteiger partial charge in [0.1, 0.15) is 11.2 Å². The van der Waals surface area contributed by atoms with Gasteiger partial charge in [-0.25, -0.2) is 0 Å². The molecule has 1 heterocycles. The minimum absolute atomic E-state index is 0.00184. The van der Waals surface area contributed by atoms with E-state index in [-0.39, 0.29) is 33.1 Å². The molecule has 1 heteroatoms. The van der Waals surface area contributed by atoms with Crippen molar-refractivity contribution in [2.24, 2.45) is 0 Å². The van der Waals surface area contributed by atoms with E-state index in [1.807, 2.05) is 0 Å². The molecule has 8 aromatic carbocycles. The molecule has 0 aliphatic rings. The Morgan fingerprint density at radius 2 is 0.953 bits per heavy atom. The van der Waals surface area contributed by atoms with Gasteiger partial charge in [-0.3, -0.25) is 0 Å². The van der Waals surface area contributed by atoms with E-state index >= 15 is 0 Å². The average molecular weight is 570 g/mol. The second-order valence-electron chi connectivity index (χ2n) is 9.52. The Balaban J connectivity index is 1.55. The van der Waals surface area contributed by atoms with Gasteiger partial charge in [0.05, 0.1) is 31.5 Å². The fraction of sp³-hybridized carbons (Fsp3) is 0. The fourth-order valence-electron chi connectivity index (χ4n) is 5.48. The Morgan fingerprint density at radius 3 is 1.70 bits per heavy atom. The van der Waals surface area contributed by atoms with Crippen LogP contribution in [0.4, 0.5) is 0 Å². The first-order valence-electron chi connectivity index (χ1n) is 24.4. The smallest absolute Gasteiger partial charge is 0.143 e. The molecule has 0 spiro atoms. The second kappa shape index (κ2) is 9.44. The van der Waals surface area contributed by atoms with Crippen LogP contribution in [0.2, 0.25) is 0 Å². The Hall–Kier alpha value is -5.66. The SMILES string of the molecule is [2H]c1c([2H])c([2H])c(-c2c([2H])c([2H])c([2H])c3c2oc2ccc(-c4c5c([2H])c([2H])c([2H])c([2H])c5c(-c5c([2H])c([2H])c([2H])c6c([2H])c([2H])c([2H])c([2H])c56)c5c([2H])c([2H])c([2H])c([2H])c45)cc23)c([2H])c1[2H]. The summed E-state index contributed by atoms with van der Waals surface area (Å²) in [6.07, 6.45) is 0. The molecule has 0 aliphatic carbocycles. The Morgan fingerprint density at radius 1 is 0.395 bits per heavy atom. The van der Waals surface area contributed by atoms with Crippen LogP contribution in [0.15, 0.2) is 162 Å². The third-order valence-corrected chi connectivity index (χ3v) is 7.27. The van der Waals surface area contributed by atoms with Gasteiger partial charge >= 0.3 is 0 Å². The van der Waals surface area contributed by atoms with Crippen molar-refractivity contribution in [1.82, 2.24) is 0 Å². The molecule has 0 radical (unpaired) electrons. The summed E-state index contributed by atoms with van der Waals surface area (Å²) >= 11 is 0. The fourth-order valence-corrected chi connectivity index (χ4v) is 5.48.